The average Bonchev–Trinajstić information content (AvgIpc) is 2.41. The summed E-state index contributed by atoms with van der Waals surface area (Å²) >= 11 is 0. The zero-order valence-corrected chi connectivity index (χ0v) is 12.9. The van der Waals surface area contributed by atoms with E-state index in [0.717, 1.165) is 25.0 Å². The van der Waals surface area contributed by atoms with Crippen LogP contribution in [0, 0.1) is 0 Å². The lowest BCUT2D eigenvalue weighted by Crippen LogP contribution is -2.26. The second-order valence-electron chi connectivity index (χ2n) is 5.98. The lowest BCUT2D eigenvalue weighted by Gasteiger charge is -2.19. The Morgan fingerprint density at radius 1 is 1.30 bits per heavy atom. The highest BCUT2D eigenvalue weighted by Crippen LogP contribution is 2.23. The summed E-state index contributed by atoms with van der Waals surface area (Å²) in [5.74, 6) is 5.86. The van der Waals surface area contributed by atoms with Crippen molar-refractivity contribution in [1.82, 2.24) is 10.3 Å². The van der Waals surface area contributed by atoms with Crippen LogP contribution in [0.15, 0.2) is 12.1 Å². The number of hydrazine groups is 1. The summed E-state index contributed by atoms with van der Waals surface area (Å²) in [6.45, 7) is 9.00. The summed E-state index contributed by atoms with van der Waals surface area (Å²) in [6, 6.07) is 3.50. The number of nitrogen functional groups attached to an aromatic ring is 1. The molecule has 0 saturated carbocycles. The second kappa shape index (κ2) is 7.24. The van der Waals surface area contributed by atoms with Crippen LogP contribution in [-0.2, 0) is 5.41 Å². The lowest BCUT2D eigenvalue weighted by atomic mass is 9.90. The molecule has 0 aliphatic heterocycles. The van der Waals surface area contributed by atoms with Gasteiger partial charge in [-0.1, -0.05) is 40.5 Å². The SMILES string of the molecule is CCCCCNC(=O)c1cc(NN)nc(C(C)(C)C)c1. The van der Waals surface area contributed by atoms with Gasteiger partial charge in [0.15, 0.2) is 0 Å². The fourth-order valence-electron chi connectivity index (χ4n) is 1.80. The summed E-state index contributed by atoms with van der Waals surface area (Å²) in [5, 5.41) is 2.93. The van der Waals surface area contributed by atoms with Gasteiger partial charge < -0.3 is 10.7 Å². The molecular formula is C15H26N4O. The number of carbonyl (C=O) groups excluding carboxylic acids is 1. The summed E-state index contributed by atoms with van der Waals surface area (Å²) in [6.07, 6.45) is 3.27. The molecule has 0 aliphatic rings. The Morgan fingerprint density at radius 2 is 2.00 bits per heavy atom. The van der Waals surface area contributed by atoms with Gasteiger partial charge in [0.1, 0.15) is 5.82 Å². The monoisotopic (exact) mass is 278 g/mol. The molecule has 5 nitrogen and oxygen atoms in total. The van der Waals surface area contributed by atoms with E-state index < -0.39 is 0 Å². The predicted octanol–water partition coefficient (Wildman–Crippen LogP) is 2.58. The first-order chi connectivity index (χ1) is 9.38. The smallest absolute Gasteiger partial charge is 0.251 e. The number of unbranched alkanes of at least 4 members (excludes halogenated alkanes) is 2. The van der Waals surface area contributed by atoms with E-state index in [0.29, 0.717) is 17.9 Å². The number of rotatable bonds is 6. The van der Waals surface area contributed by atoms with Gasteiger partial charge in [-0.2, -0.15) is 0 Å². The van der Waals surface area contributed by atoms with Gasteiger partial charge in [0.05, 0.1) is 0 Å². The molecule has 5 heteroatoms. The molecule has 1 heterocycles. The summed E-state index contributed by atoms with van der Waals surface area (Å²) in [7, 11) is 0. The molecule has 0 radical (unpaired) electrons. The van der Waals surface area contributed by atoms with Crippen molar-refractivity contribution in [3.05, 3.63) is 23.4 Å². The number of aromatic nitrogens is 1. The van der Waals surface area contributed by atoms with Crippen molar-refractivity contribution in [2.45, 2.75) is 52.4 Å². The first-order valence-corrected chi connectivity index (χ1v) is 7.16. The van der Waals surface area contributed by atoms with Crippen molar-refractivity contribution in [2.75, 3.05) is 12.0 Å². The number of carbonyl (C=O) groups is 1. The molecule has 20 heavy (non-hydrogen) atoms. The fourth-order valence-corrected chi connectivity index (χ4v) is 1.80. The Morgan fingerprint density at radius 3 is 2.55 bits per heavy atom. The summed E-state index contributed by atoms with van der Waals surface area (Å²) in [4.78, 5) is 16.5. The van der Waals surface area contributed by atoms with Crippen LogP contribution in [0.4, 0.5) is 5.82 Å². The van der Waals surface area contributed by atoms with Crippen molar-refractivity contribution in [3.63, 3.8) is 0 Å². The molecular weight excluding hydrogens is 252 g/mol. The number of pyridine rings is 1. The molecule has 1 rings (SSSR count). The van der Waals surface area contributed by atoms with Crippen molar-refractivity contribution >= 4 is 11.7 Å². The highest BCUT2D eigenvalue weighted by atomic mass is 16.1. The van der Waals surface area contributed by atoms with Crippen LogP contribution in [0.2, 0.25) is 0 Å². The Bertz CT molecular complexity index is 452. The molecule has 1 aromatic heterocycles. The largest absolute Gasteiger partial charge is 0.352 e. The van der Waals surface area contributed by atoms with Gasteiger partial charge in [-0.3, -0.25) is 4.79 Å². The first-order valence-electron chi connectivity index (χ1n) is 7.16. The average molecular weight is 278 g/mol. The number of nitrogens with two attached hydrogens (primary N) is 1. The van der Waals surface area contributed by atoms with E-state index >= 15 is 0 Å². The summed E-state index contributed by atoms with van der Waals surface area (Å²) in [5.41, 5.74) is 3.82. The van der Waals surface area contributed by atoms with Crippen LogP contribution in [0.3, 0.4) is 0 Å². The Hall–Kier alpha value is -1.62. The normalized spacial score (nSPS) is 11.2. The molecule has 0 aliphatic carbocycles. The van der Waals surface area contributed by atoms with Crippen LogP contribution >= 0.6 is 0 Å². The number of amides is 1. The van der Waals surface area contributed by atoms with Crippen molar-refractivity contribution in [2.24, 2.45) is 5.84 Å². The maximum atomic E-state index is 12.1. The molecule has 0 aromatic carbocycles. The van der Waals surface area contributed by atoms with Gasteiger partial charge in [0, 0.05) is 23.2 Å². The number of hydrogen-bond acceptors (Lipinski definition) is 4. The topological polar surface area (TPSA) is 80.0 Å². The van der Waals surface area contributed by atoms with Crippen LogP contribution in [-0.4, -0.2) is 17.4 Å². The van der Waals surface area contributed by atoms with Gasteiger partial charge in [0.2, 0.25) is 0 Å². The Labute approximate surface area is 121 Å². The van der Waals surface area contributed by atoms with Crippen LogP contribution in [0.1, 0.15) is 63.0 Å². The van der Waals surface area contributed by atoms with Crippen molar-refractivity contribution in [3.8, 4) is 0 Å². The van der Waals surface area contributed by atoms with Gasteiger partial charge in [0.25, 0.3) is 5.91 Å². The van der Waals surface area contributed by atoms with E-state index in [9.17, 15) is 4.79 Å². The molecule has 0 unspecified atom stereocenters. The molecule has 0 fully saturated rings. The molecule has 1 aromatic rings. The van der Waals surface area contributed by atoms with E-state index in [-0.39, 0.29) is 11.3 Å². The maximum Gasteiger partial charge on any atom is 0.251 e. The Kier molecular flexibility index (Phi) is 5.95. The zero-order valence-electron chi connectivity index (χ0n) is 12.9. The standard InChI is InChI=1S/C15H26N4O/c1-5-6-7-8-17-14(20)11-9-12(15(2,3)4)18-13(10-11)19-16/h9-10H,5-8,16H2,1-4H3,(H,17,20)(H,18,19). The minimum absolute atomic E-state index is 0.0782. The van der Waals surface area contributed by atoms with E-state index in [1.807, 2.05) is 6.07 Å². The number of nitrogens with one attached hydrogen (secondary N) is 2. The quantitative estimate of drug-likeness (QED) is 0.424. The van der Waals surface area contributed by atoms with E-state index in [1.165, 1.54) is 0 Å². The number of hydrogen-bond donors (Lipinski definition) is 3. The van der Waals surface area contributed by atoms with Gasteiger partial charge in [-0.05, 0) is 18.6 Å². The molecule has 0 bridgehead atoms. The van der Waals surface area contributed by atoms with E-state index in [2.05, 4.69) is 43.4 Å². The molecule has 112 valence electrons. The minimum atomic E-state index is -0.135. The second-order valence-corrected chi connectivity index (χ2v) is 5.98. The van der Waals surface area contributed by atoms with Crippen molar-refractivity contribution in [1.29, 1.82) is 0 Å². The Balaban J connectivity index is 2.85. The van der Waals surface area contributed by atoms with Crippen LogP contribution in [0.5, 0.6) is 0 Å². The number of anilines is 1. The van der Waals surface area contributed by atoms with Gasteiger partial charge in [-0.15, -0.1) is 0 Å². The van der Waals surface area contributed by atoms with Crippen LogP contribution < -0.4 is 16.6 Å². The number of nitrogens with zero attached hydrogens (tertiary/aromatic N) is 1. The van der Waals surface area contributed by atoms with Gasteiger partial charge in [-0.25, -0.2) is 10.8 Å². The zero-order chi connectivity index (χ0) is 15.2. The molecule has 1 amide bonds. The molecule has 4 N–H and O–H groups in total. The third-order valence-electron chi connectivity index (χ3n) is 3.07. The lowest BCUT2D eigenvalue weighted by molar-refractivity contribution is 0.0952. The van der Waals surface area contributed by atoms with Crippen molar-refractivity contribution < 1.29 is 4.79 Å². The highest BCUT2D eigenvalue weighted by molar-refractivity contribution is 5.95. The molecule has 0 saturated heterocycles. The fraction of sp³-hybridized carbons (Fsp3) is 0.600. The minimum Gasteiger partial charge on any atom is -0.352 e. The first kappa shape index (κ1) is 16.4. The molecule has 0 atom stereocenters. The summed E-state index contributed by atoms with van der Waals surface area (Å²) < 4.78 is 0. The third-order valence-corrected chi connectivity index (χ3v) is 3.07. The van der Waals surface area contributed by atoms with E-state index in [1.54, 1.807) is 6.07 Å². The third kappa shape index (κ3) is 4.81. The highest BCUT2D eigenvalue weighted by Gasteiger charge is 2.19. The predicted molar refractivity (Wildman–Crippen MR) is 82.6 cm³/mol. The maximum absolute atomic E-state index is 12.1. The molecule has 0 spiro atoms. The van der Waals surface area contributed by atoms with Gasteiger partial charge >= 0.3 is 0 Å². The van der Waals surface area contributed by atoms with E-state index in [4.69, 9.17) is 5.84 Å². The van der Waals surface area contributed by atoms with Crippen LogP contribution in [0.25, 0.3) is 0 Å².